The first-order chi connectivity index (χ1) is 12.4. The van der Waals surface area contributed by atoms with E-state index in [1.807, 2.05) is 22.6 Å². The Morgan fingerprint density at radius 1 is 1.35 bits per heavy atom. The van der Waals surface area contributed by atoms with Gasteiger partial charge in [0.1, 0.15) is 11.5 Å². The largest absolute Gasteiger partial charge is 0.495 e. The molecule has 0 saturated carbocycles. The van der Waals surface area contributed by atoms with E-state index in [-0.39, 0.29) is 17.1 Å². The summed E-state index contributed by atoms with van der Waals surface area (Å²) in [5.74, 6) is -0.699. The fraction of sp³-hybridized carbons (Fsp3) is 0.125. The summed E-state index contributed by atoms with van der Waals surface area (Å²) in [7, 11) is 1.36. The molecular formula is C16H13IN2O7. The number of nitrogens with one attached hydrogen (secondary N) is 1. The maximum Gasteiger partial charge on any atom is 0.331 e. The number of esters is 1. The van der Waals surface area contributed by atoms with Gasteiger partial charge in [0.2, 0.25) is 0 Å². The zero-order valence-electron chi connectivity index (χ0n) is 13.4. The van der Waals surface area contributed by atoms with E-state index in [4.69, 9.17) is 13.9 Å². The summed E-state index contributed by atoms with van der Waals surface area (Å²) < 4.78 is 15.7. The molecule has 0 aliphatic heterocycles. The lowest BCUT2D eigenvalue weighted by Gasteiger charge is -2.09. The van der Waals surface area contributed by atoms with Crippen molar-refractivity contribution in [3.63, 3.8) is 0 Å². The van der Waals surface area contributed by atoms with Crippen LogP contribution < -0.4 is 10.1 Å². The molecule has 0 bridgehead atoms. The number of methoxy groups -OCH3 is 1. The lowest BCUT2D eigenvalue weighted by Crippen LogP contribution is -2.20. The number of nitrogens with zero attached hydrogens (tertiary/aromatic N) is 1. The third-order valence-electron chi connectivity index (χ3n) is 2.99. The number of hydrogen-bond donors (Lipinski definition) is 1. The van der Waals surface area contributed by atoms with Gasteiger partial charge < -0.3 is 19.2 Å². The quantitative estimate of drug-likeness (QED) is 0.216. The molecule has 1 heterocycles. The van der Waals surface area contributed by atoms with Crippen LogP contribution in [0, 0.1) is 13.9 Å². The highest BCUT2D eigenvalue weighted by Gasteiger charge is 2.14. The Balaban J connectivity index is 1.92. The van der Waals surface area contributed by atoms with Gasteiger partial charge in [0.15, 0.2) is 10.4 Å². The first kappa shape index (κ1) is 19.4. The Kier molecular flexibility index (Phi) is 6.72. The molecule has 0 aliphatic rings. The second-order valence-electron chi connectivity index (χ2n) is 4.77. The number of non-ortho nitro benzene ring substituents is 1. The van der Waals surface area contributed by atoms with Crippen molar-refractivity contribution in [2.24, 2.45) is 0 Å². The van der Waals surface area contributed by atoms with Crippen LogP contribution in [0.5, 0.6) is 5.75 Å². The van der Waals surface area contributed by atoms with Gasteiger partial charge in [-0.15, -0.1) is 0 Å². The number of benzene rings is 1. The minimum Gasteiger partial charge on any atom is -0.495 e. The fourth-order valence-electron chi connectivity index (χ4n) is 1.85. The Morgan fingerprint density at radius 2 is 2.12 bits per heavy atom. The Labute approximate surface area is 161 Å². The van der Waals surface area contributed by atoms with Crippen LogP contribution in [0.1, 0.15) is 5.76 Å². The summed E-state index contributed by atoms with van der Waals surface area (Å²) in [4.78, 5) is 33.7. The van der Waals surface area contributed by atoms with Crippen LogP contribution in [0.2, 0.25) is 0 Å². The van der Waals surface area contributed by atoms with E-state index >= 15 is 0 Å². The van der Waals surface area contributed by atoms with E-state index < -0.39 is 23.4 Å². The molecule has 136 valence electrons. The topological polar surface area (TPSA) is 121 Å². The summed E-state index contributed by atoms with van der Waals surface area (Å²) in [6.45, 7) is -0.565. The van der Waals surface area contributed by atoms with Gasteiger partial charge in [0.25, 0.3) is 11.6 Å². The van der Waals surface area contributed by atoms with E-state index in [0.717, 1.165) is 12.1 Å². The smallest absolute Gasteiger partial charge is 0.331 e. The van der Waals surface area contributed by atoms with Crippen LogP contribution in [0.4, 0.5) is 11.4 Å². The average Bonchev–Trinajstić information content (AvgIpc) is 3.03. The molecule has 2 rings (SSSR count). The van der Waals surface area contributed by atoms with Gasteiger partial charge in [-0.05, 0) is 46.9 Å². The SMILES string of the molecule is COc1ccc([N+](=O)[O-])cc1NC(=O)COC(=O)C=Cc1ccc(I)o1. The maximum absolute atomic E-state index is 11.9. The average molecular weight is 472 g/mol. The predicted molar refractivity (Wildman–Crippen MR) is 99.7 cm³/mol. The highest BCUT2D eigenvalue weighted by Crippen LogP contribution is 2.28. The molecule has 10 heteroatoms. The molecule has 0 fully saturated rings. The zero-order chi connectivity index (χ0) is 19.1. The molecule has 1 aromatic heterocycles. The number of hydrogen-bond acceptors (Lipinski definition) is 7. The van der Waals surface area contributed by atoms with Crippen molar-refractivity contribution in [3.8, 4) is 5.75 Å². The number of anilines is 1. The van der Waals surface area contributed by atoms with Crippen molar-refractivity contribution < 1.29 is 28.4 Å². The predicted octanol–water partition coefficient (Wildman–Crippen LogP) is 3.00. The molecular weight excluding hydrogens is 459 g/mol. The summed E-state index contributed by atoms with van der Waals surface area (Å²) >= 11 is 1.98. The molecule has 2 aromatic rings. The number of furan rings is 1. The first-order valence-electron chi connectivity index (χ1n) is 7.11. The minimum atomic E-state index is -0.738. The molecule has 0 unspecified atom stereocenters. The van der Waals surface area contributed by atoms with Crippen molar-refractivity contribution in [3.05, 3.63) is 56.0 Å². The third-order valence-corrected chi connectivity index (χ3v) is 3.57. The zero-order valence-corrected chi connectivity index (χ0v) is 15.6. The summed E-state index contributed by atoms with van der Waals surface area (Å²) in [5, 5.41) is 13.2. The standard InChI is InChI=1S/C16H13IN2O7/c1-24-13-5-2-10(19(22)23)8-12(13)18-15(20)9-25-16(21)7-4-11-3-6-14(17)26-11/h2-8H,9H2,1H3,(H,18,20). The molecule has 26 heavy (non-hydrogen) atoms. The third kappa shape index (κ3) is 5.58. The van der Waals surface area contributed by atoms with Gasteiger partial charge in [-0.2, -0.15) is 0 Å². The Hall–Kier alpha value is -2.89. The normalized spacial score (nSPS) is 10.5. The molecule has 0 atom stereocenters. The molecule has 9 nitrogen and oxygen atoms in total. The molecule has 0 radical (unpaired) electrons. The van der Waals surface area contributed by atoms with Gasteiger partial charge in [-0.3, -0.25) is 14.9 Å². The van der Waals surface area contributed by atoms with E-state index in [1.165, 1.54) is 25.3 Å². The van der Waals surface area contributed by atoms with Crippen molar-refractivity contribution in [1.29, 1.82) is 0 Å². The number of nitro benzene ring substituents is 1. The number of rotatable bonds is 7. The van der Waals surface area contributed by atoms with Gasteiger partial charge in [-0.25, -0.2) is 4.79 Å². The van der Waals surface area contributed by atoms with E-state index in [2.05, 4.69) is 5.32 Å². The lowest BCUT2D eigenvalue weighted by atomic mass is 10.2. The monoisotopic (exact) mass is 472 g/mol. The van der Waals surface area contributed by atoms with Crippen LogP contribution in [0.3, 0.4) is 0 Å². The van der Waals surface area contributed by atoms with Crippen LogP contribution in [-0.2, 0) is 14.3 Å². The number of carbonyl (C=O) groups excluding carboxylic acids is 2. The van der Waals surface area contributed by atoms with Crippen molar-refractivity contribution in [2.75, 3.05) is 19.0 Å². The highest BCUT2D eigenvalue weighted by molar-refractivity contribution is 14.1. The Bertz CT molecular complexity index is 860. The number of amides is 1. The lowest BCUT2D eigenvalue weighted by molar-refractivity contribution is -0.384. The highest BCUT2D eigenvalue weighted by atomic mass is 127. The molecule has 1 N–H and O–H groups in total. The van der Waals surface area contributed by atoms with Crippen LogP contribution >= 0.6 is 22.6 Å². The molecule has 0 saturated heterocycles. The fourth-order valence-corrected chi connectivity index (χ4v) is 2.28. The Morgan fingerprint density at radius 3 is 2.73 bits per heavy atom. The maximum atomic E-state index is 11.9. The number of halogens is 1. The van der Waals surface area contributed by atoms with E-state index in [9.17, 15) is 19.7 Å². The number of ether oxygens (including phenoxy) is 2. The van der Waals surface area contributed by atoms with Crippen LogP contribution in [0.15, 0.2) is 40.8 Å². The second kappa shape index (κ2) is 8.99. The van der Waals surface area contributed by atoms with E-state index in [1.54, 1.807) is 12.1 Å². The van der Waals surface area contributed by atoms with E-state index in [0.29, 0.717) is 9.53 Å². The molecule has 1 aromatic carbocycles. The van der Waals surface area contributed by atoms with Crippen LogP contribution in [-0.4, -0.2) is 30.5 Å². The molecule has 0 spiro atoms. The summed E-state index contributed by atoms with van der Waals surface area (Å²) in [6.07, 6.45) is 2.53. The van der Waals surface area contributed by atoms with Crippen molar-refractivity contribution in [2.45, 2.75) is 0 Å². The minimum absolute atomic E-state index is 0.100. The number of carbonyl (C=O) groups is 2. The van der Waals surface area contributed by atoms with Gasteiger partial charge >= 0.3 is 5.97 Å². The molecule has 1 amide bonds. The molecule has 0 aliphatic carbocycles. The summed E-state index contributed by atoms with van der Waals surface area (Å²) in [5.41, 5.74) is -0.113. The van der Waals surface area contributed by atoms with Gasteiger partial charge in [0, 0.05) is 18.2 Å². The second-order valence-corrected chi connectivity index (χ2v) is 5.84. The van der Waals surface area contributed by atoms with Crippen molar-refractivity contribution in [1.82, 2.24) is 0 Å². The van der Waals surface area contributed by atoms with Crippen molar-refractivity contribution >= 4 is 51.9 Å². The summed E-state index contributed by atoms with van der Waals surface area (Å²) in [6, 6.07) is 7.15. The van der Waals surface area contributed by atoms with Gasteiger partial charge in [-0.1, -0.05) is 0 Å². The van der Waals surface area contributed by atoms with Crippen LogP contribution in [0.25, 0.3) is 6.08 Å². The first-order valence-corrected chi connectivity index (χ1v) is 8.19. The van der Waals surface area contributed by atoms with Gasteiger partial charge in [0.05, 0.1) is 17.7 Å². The number of nitro groups is 1.